The van der Waals surface area contributed by atoms with Gasteiger partial charge in [-0.3, -0.25) is 4.79 Å². The molecule has 0 saturated carbocycles. The molecule has 0 atom stereocenters. The van der Waals surface area contributed by atoms with Crippen LogP contribution in [-0.4, -0.2) is 12.0 Å². The van der Waals surface area contributed by atoms with Crippen molar-refractivity contribution in [2.45, 2.75) is 6.42 Å². The number of thiol groups is 1. The maximum atomic E-state index is 13.2. The molecule has 0 fully saturated rings. The van der Waals surface area contributed by atoms with Gasteiger partial charge in [0.05, 0.1) is 0 Å². The molecular formula is C11H11FOS. The fourth-order valence-electron chi connectivity index (χ4n) is 1.04. The Morgan fingerprint density at radius 1 is 1.43 bits per heavy atom. The van der Waals surface area contributed by atoms with Crippen LogP contribution in [0, 0.1) is 5.82 Å². The molecule has 0 amide bonds. The Bertz CT molecular complexity index is 347. The van der Waals surface area contributed by atoms with Crippen molar-refractivity contribution in [1.82, 2.24) is 0 Å². The minimum atomic E-state index is -0.370. The summed E-state index contributed by atoms with van der Waals surface area (Å²) in [5, 5.41) is 0. The van der Waals surface area contributed by atoms with Crippen LogP contribution < -0.4 is 0 Å². The highest BCUT2D eigenvalue weighted by atomic mass is 32.1. The van der Waals surface area contributed by atoms with Gasteiger partial charge < -0.3 is 0 Å². The lowest BCUT2D eigenvalue weighted by molar-refractivity contribution is 0.112. The molecular weight excluding hydrogens is 199 g/mol. The second-order valence-electron chi connectivity index (χ2n) is 2.81. The molecule has 0 aliphatic carbocycles. The van der Waals surface area contributed by atoms with Gasteiger partial charge in [-0.25, -0.2) is 4.39 Å². The molecule has 0 unspecified atom stereocenters. The molecule has 3 heteroatoms. The van der Waals surface area contributed by atoms with E-state index in [0.29, 0.717) is 17.4 Å². The van der Waals surface area contributed by atoms with Gasteiger partial charge in [0.25, 0.3) is 0 Å². The molecule has 0 aliphatic rings. The van der Waals surface area contributed by atoms with E-state index in [1.54, 1.807) is 18.2 Å². The SMILES string of the molecule is O=Cc1ccc(C=CCCS)c(F)c1. The zero-order chi connectivity index (χ0) is 10.4. The summed E-state index contributed by atoms with van der Waals surface area (Å²) in [7, 11) is 0. The first-order valence-corrected chi connectivity index (χ1v) is 4.93. The van der Waals surface area contributed by atoms with Crippen molar-refractivity contribution in [3.63, 3.8) is 0 Å². The van der Waals surface area contributed by atoms with Gasteiger partial charge in [-0.1, -0.05) is 24.3 Å². The van der Waals surface area contributed by atoms with E-state index in [0.717, 1.165) is 12.2 Å². The largest absolute Gasteiger partial charge is 0.298 e. The number of rotatable bonds is 4. The number of aldehydes is 1. The van der Waals surface area contributed by atoms with Crippen LogP contribution in [0.4, 0.5) is 4.39 Å². The third kappa shape index (κ3) is 3.00. The molecule has 1 nitrogen and oxygen atoms in total. The smallest absolute Gasteiger partial charge is 0.150 e. The molecule has 74 valence electrons. The number of hydrogen-bond acceptors (Lipinski definition) is 2. The van der Waals surface area contributed by atoms with Crippen molar-refractivity contribution in [3.05, 3.63) is 41.2 Å². The van der Waals surface area contributed by atoms with Gasteiger partial charge in [0, 0.05) is 11.1 Å². The summed E-state index contributed by atoms with van der Waals surface area (Å²) >= 11 is 4.03. The summed E-state index contributed by atoms with van der Waals surface area (Å²) in [6, 6.07) is 4.41. The van der Waals surface area contributed by atoms with Crippen LogP contribution in [0.25, 0.3) is 6.08 Å². The van der Waals surface area contributed by atoms with Gasteiger partial charge in [0.1, 0.15) is 12.1 Å². The van der Waals surface area contributed by atoms with Crippen molar-refractivity contribution >= 4 is 25.0 Å². The highest BCUT2D eigenvalue weighted by Crippen LogP contribution is 2.11. The third-order valence-corrected chi connectivity index (χ3v) is 2.01. The van der Waals surface area contributed by atoms with Crippen LogP contribution in [0.2, 0.25) is 0 Å². The molecule has 0 N–H and O–H groups in total. The van der Waals surface area contributed by atoms with E-state index >= 15 is 0 Å². The zero-order valence-corrected chi connectivity index (χ0v) is 8.51. The molecule has 0 radical (unpaired) electrons. The van der Waals surface area contributed by atoms with Gasteiger partial charge in [-0.05, 0) is 18.2 Å². The Balaban J connectivity index is 2.83. The summed E-state index contributed by atoms with van der Waals surface area (Å²) in [5.41, 5.74) is 0.853. The molecule has 0 saturated heterocycles. The predicted octanol–water partition coefficient (Wildman–Crippen LogP) is 2.97. The molecule has 0 spiro atoms. The fraction of sp³-hybridized carbons (Fsp3) is 0.182. The fourth-order valence-corrected chi connectivity index (χ4v) is 1.19. The van der Waals surface area contributed by atoms with Gasteiger partial charge >= 0.3 is 0 Å². The van der Waals surface area contributed by atoms with Crippen molar-refractivity contribution < 1.29 is 9.18 Å². The van der Waals surface area contributed by atoms with Crippen LogP contribution in [0.3, 0.4) is 0 Å². The number of carbonyl (C=O) groups is 1. The van der Waals surface area contributed by atoms with Crippen molar-refractivity contribution in [2.75, 3.05) is 5.75 Å². The monoisotopic (exact) mass is 210 g/mol. The third-order valence-electron chi connectivity index (χ3n) is 1.75. The van der Waals surface area contributed by atoms with E-state index in [1.807, 2.05) is 6.08 Å². The Kier molecular flexibility index (Phi) is 4.40. The second-order valence-corrected chi connectivity index (χ2v) is 3.26. The van der Waals surface area contributed by atoms with Crippen LogP contribution in [0.5, 0.6) is 0 Å². The maximum Gasteiger partial charge on any atom is 0.150 e. The summed E-state index contributed by atoms with van der Waals surface area (Å²) in [4.78, 5) is 10.3. The average Bonchev–Trinajstić information content (AvgIpc) is 2.20. The lowest BCUT2D eigenvalue weighted by Crippen LogP contribution is -1.86. The first-order chi connectivity index (χ1) is 6.77. The first kappa shape index (κ1) is 11.0. The van der Waals surface area contributed by atoms with Crippen LogP contribution in [-0.2, 0) is 0 Å². The molecule has 1 aromatic rings. The van der Waals surface area contributed by atoms with Crippen LogP contribution in [0.1, 0.15) is 22.3 Å². The minimum absolute atomic E-state index is 0.355. The Labute approximate surface area is 88.0 Å². The summed E-state index contributed by atoms with van der Waals surface area (Å²) in [6.45, 7) is 0. The van der Waals surface area contributed by atoms with Gasteiger partial charge in [0.15, 0.2) is 0 Å². The first-order valence-electron chi connectivity index (χ1n) is 4.30. The lowest BCUT2D eigenvalue weighted by atomic mass is 10.1. The summed E-state index contributed by atoms with van der Waals surface area (Å²) in [5.74, 6) is 0.370. The minimum Gasteiger partial charge on any atom is -0.298 e. The highest BCUT2D eigenvalue weighted by molar-refractivity contribution is 7.80. The Morgan fingerprint density at radius 2 is 2.21 bits per heavy atom. The molecule has 1 rings (SSSR count). The number of hydrogen-bond donors (Lipinski definition) is 1. The standard InChI is InChI=1S/C11H11FOS/c12-11-7-9(8-13)4-5-10(11)3-1-2-6-14/h1,3-5,7-8,14H,2,6H2. The Hall–Kier alpha value is -1.09. The Morgan fingerprint density at radius 3 is 2.79 bits per heavy atom. The predicted molar refractivity (Wildman–Crippen MR) is 59.3 cm³/mol. The molecule has 0 bridgehead atoms. The average molecular weight is 210 g/mol. The maximum absolute atomic E-state index is 13.2. The summed E-state index contributed by atoms with van der Waals surface area (Å²) in [6.07, 6.45) is 4.98. The lowest BCUT2D eigenvalue weighted by Gasteiger charge is -1.97. The number of benzene rings is 1. The van der Waals surface area contributed by atoms with E-state index in [9.17, 15) is 9.18 Å². The normalized spacial score (nSPS) is 10.7. The van der Waals surface area contributed by atoms with Crippen LogP contribution >= 0.6 is 12.6 Å². The second kappa shape index (κ2) is 5.60. The molecule has 1 aromatic carbocycles. The van der Waals surface area contributed by atoms with Crippen molar-refractivity contribution in [2.24, 2.45) is 0 Å². The van der Waals surface area contributed by atoms with Crippen molar-refractivity contribution in [1.29, 1.82) is 0 Å². The molecule has 0 aromatic heterocycles. The molecule has 0 aliphatic heterocycles. The molecule has 14 heavy (non-hydrogen) atoms. The zero-order valence-electron chi connectivity index (χ0n) is 7.61. The van der Waals surface area contributed by atoms with Crippen LogP contribution in [0.15, 0.2) is 24.3 Å². The van der Waals surface area contributed by atoms with Gasteiger partial charge in [-0.2, -0.15) is 12.6 Å². The van der Waals surface area contributed by atoms with E-state index < -0.39 is 0 Å². The quantitative estimate of drug-likeness (QED) is 0.597. The van der Waals surface area contributed by atoms with Gasteiger partial charge in [-0.15, -0.1) is 0 Å². The highest BCUT2D eigenvalue weighted by Gasteiger charge is 1.99. The number of allylic oxidation sites excluding steroid dienone is 1. The van der Waals surface area contributed by atoms with Gasteiger partial charge in [0.2, 0.25) is 0 Å². The summed E-state index contributed by atoms with van der Waals surface area (Å²) < 4.78 is 13.2. The van der Waals surface area contributed by atoms with E-state index in [4.69, 9.17) is 0 Å². The topological polar surface area (TPSA) is 17.1 Å². The van der Waals surface area contributed by atoms with Crippen molar-refractivity contribution in [3.8, 4) is 0 Å². The van der Waals surface area contributed by atoms with E-state index in [2.05, 4.69) is 12.6 Å². The van der Waals surface area contributed by atoms with E-state index in [1.165, 1.54) is 6.07 Å². The number of halogens is 1. The molecule has 0 heterocycles. The van der Waals surface area contributed by atoms with E-state index in [-0.39, 0.29) is 5.82 Å². The number of carbonyl (C=O) groups excluding carboxylic acids is 1.